The molecule has 178 valence electrons. The fraction of sp³-hybridized carbons (Fsp3) is 0.842. The maximum absolute atomic E-state index is 12.1. The molecule has 0 saturated carbocycles. The van der Waals surface area contributed by atoms with E-state index in [9.17, 15) is 14.4 Å². The van der Waals surface area contributed by atoms with Crippen molar-refractivity contribution in [3.05, 3.63) is 10.4 Å². The first-order chi connectivity index (χ1) is 14.6. The second-order valence-corrected chi connectivity index (χ2v) is 7.59. The van der Waals surface area contributed by atoms with E-state index < -0.39 is 29.6 Å². The molecule has 0 fully saturated rings. The van der Waals surface area contributed by atoms with Gasteiger partial charge in [-0.3, -0.25) is 9.59 Å². The quantitative estimate of drug-likeness (QED) is 0.118. The van der Waals surface area contributed by atoms with Crippen LogP contribution in [-0.4, -0.2) is 81.7 Å². The lowest BCUT2D eigenvalue weighted by Crippen LogP contribution is -2.50. The van der Waals surface area contributed by atoms with E-state index in [-0.39, 0.29) is 25.5 Å². The van der Waals surface area contributed by atoms with E-state index in [1.165, 1.54) is 13.8 Å². The molecule has 0 aromatic rings. The van der Waals surface area contributed by atoms with Crippen LogP contribution in [0.1, 0.15) is 41.0 Å². The first-order valence-electron chi connectivity index (χ1n) is 10.1. The summed E-state index contributed by atoms with van der Waals surface area (Å²) in [5, 5.41) is 8.40. The smallest absolute Gasteiger partial charge is 0.328 e. The van der Waals surface area contributed by atoms with Gasteiger partial charge in [0.15, 0.2) is 0 Å². The number of amides is 2. The number of hydrogen-bond donors (Lipinski definition) is 2. The fourth-order valence-electron chi connectivity index (χ4n) is 2.02. The van der Waals surface area contributed by atoms with Crippen LogP contribution in [0.2, 0.25) is 0 Å². The first-order valence-corrected chi connectivity index (χ1v) is 10.1. The van der Waals surface area contributed by atoms with Crippen LogP contribution in [0.3, 0.4) is 0 Å². The minimum Gasteiger partial charge on any atom is -0.458 e. The fourth-order valence-corrected chi connectivity index (χ4v) is 2.02. The van der Waals surface area contributed by atoms with Crippen molar-refractivity contribution in [1.82, 2.24) is 10.6 Å². The van der Waals surface area contributed by atoms with Crippen LogP contribution >= 0.6 is 0 Å². The lowest BCUT2D eigenvalue weighted by atomic mass is 10.2. The molecule has 12 heteroatoms. The predicted molar refractivity (Wildman–Crippen MR) is 112 cm³/mol. The van der Waals surface area contributed by atoms with Crippen molar-refractivity contribution in [3.8, 4) is 0 Å². The van der Waals surface area contributed by atoms with Crippen molar-refractivity contribution >= 4 is 17.8 Å². The number of hydrogen-bond acceptors (Lipinski definition) is 8. The molecular weight excluding hydrogens is 410 g/mol. The van der Waals surface area contributed by atoms with Gasteiger partial charge in [-0.05, 0) is 40.1 Å². The van der Waals surface area contributed by atoms with Crippen LogP contribution in [-0.2, 0) is 33.3 Å². The van der Waals surface area contributed by atoms with Crippen LogP contribution in [0.4, 0.5) is 0 Å². The summed E-state index contributed by atoms with van der Waals surface area (Å²) >= 11 is 0. The number of rotatable bonds is 16. The minimum absolute atomic E-state index is 0.0851. The summed E-state index contributed by atoms with van der Waals surface area (Å²) in [4.78, 5) is 38.5. The molecule has 0 bridgehead atoms. The number of esters is 1. The third kappa shape index (κ3) is 17.0. The maximum atomic E-state index is 12.1. The Kier molecular flexibility index (Phi) is 15.0. The Morgan fingerprint density at radius 2 is 1.45 bits per heavy atom. The van der Waals surface area contributed by atoms with Gasteiger partial charge in [-0.25, -0.2) is 4.79 Å². The average molecular weight is 446 g/mol. The van der Waals surface area contributed by atoms with Gasteiger partial charge in [0.05, 0.1) is 39.6 Å². The summed E-state index contributed by atoms with van der Waals surface area (Å²) in [6.07, 6.45) is 0.0851. The van der Waals surface area contributed by atoms with Gasteiger partial charge < -0.3 is 29.6 Å². The van der Waals surface area contributed by atoms with Crippen molar-refractivity contribution in [3.63, 3.8) is 0 Å². The van der Waals surface area contributed by atoms with Crippen LogP contribution in [0.5, 0.6) is 0 Å². The van der Waals surface area contributed by atoms with Gasteiger partial charge in [0, 0.05) is 17.9 Å². The lowest BCUT2D eigenvalue weighted by molar-refractivity contribution is -0.158. The van der Waals surface area contributed by atoms with E-state index in [1.807, 2.05) is 0 Å². The molecule has 0 aromatic carbocycles. The SMILES string of the molecule is CC(NC(=O)CCOCCOCCOCCN=[N+]=[N-])C(=O)NC(C)C(=O)OC(C)(C)C. The molecule has 0 heterocycles. The second kappa shape index (κ2) is 16.3. The van der Waals surface area contributed by atoms with Gasteiger partial charge >= 0.3 is 5.97 Å². The zero-order valence-electron chi connectivity index (χ0n) is 19.0. The average Bonchev–Trinajstić information content (AvgIpc) is 2.67. The number of ether oxygens (including phenoxy) is 4. The van der Waals surface area contributed by atoms with Gasteiger partial charge in [0.1, 0.15) is 17.7 Å². The predicted octanol–water partition coefficient (Wildman–Crippen LogP) is 1.09. The monoisotopic (exact) mass is 445 g/mol. The minimum atomic E-state index is -0.828. The Morgan fingerprint density at radius 1 is 0.903 bits per heavy atom. The number of nitrogens with zero attached hydrogens (tertiary/aromatic N) is 3. The molecule has 31 heavy (non-hydrogen) atoms. The van der Waals surface area contributed by atoms with E-state index in [4.69, 9.17) is 24.5 Å². The highest BCUT2D eigenvalue weighted by molar-refractivity contribution is 5.90. The van der Waals surface area contributed by atoms with Crippen molar-refractivity contribution < 1.29 is 33.3 Å². The zero-order chi connectivity index (χ0) is 23.7. The highest BCUT2D eigenvalue weighted by Crippen LogP contribution is 2.08. The lowest BCUT2D eigenvalue weighted by Gasteiger charge is -2.23. The van der Waals surface area contributed by atoms with Gasteiger partial charge in [-0.2, -0.15) is 0 Å². The van der Waals surface area contributed by atoms with Crippen molar-refractivity contribution in [1.29, 1.82) is 0 Å². The Bertz CT molecular complexity index is 603. The molecule has 0 aliphatic carbocycles. The van der Waals surface area contributed by atoms with Crippen LogP contribution in [0.25, 0.3) is 10.4 Å². The molecule has 0 aliphatic heterocycles. The molecule has 2 atom stereocenters. The van der Waals surface area contributed by atoms with Crippen molar-refractivity contribution in [2.45, 2.75) is 58.7 Å². The van der Waals surface area contributed by atoms with E-state index in [0.717, 1.165) is 0 Å². The summed E-state index contributed by atoms with van der Waals surface area (Å²) in [6.45, 7) is 10.5. The summed E-state index contributed by atoms with van der Waals surface area (Å²) < 4.78 is 21.0. The van der Waals surface area contributed by atoms with Crippen LogP contribution in [0.15, 0.2) is 5.11 Å². The van der Waals surface area contributed by atoms with Gasteiger partial charge in [0.2, 0.25) is 11.8 Å². The molecule has 0 rings (SSSR count). The Morgan fingerprint density at radius 3 is 2.00 bits per heavy atom. The number of carbonyl (C=O) groups excluding carboxylic acids is 3. The van der Waals surface area contributed by atoms with Crippen LogP contribution in [0, 0.1) is 0 Å². The molecular formula is C19H35N5O7. The van der Waals surface area contributed by atoms with Gasteiger partial charge in [0.25, 0.3) is 0 Å². The summed E-state index contributed by atoms with van der Waals surface area (Å²) in [5.41, 5.74) is 7.45. The van der Waals surface area contributed by atoms with Gasteiger partial charge in [-0.1, -0.05) is 5.11 Å². The molecule has 0 aromatic heterocycles. The standard InChI is InChI=1S/C19H35N5O7/c1-14(17(26)23-15(2)18(27)31-19(3,4)5)22-16(25)6-8-28-10-12-30-13-11-29-9-7-21-24-20/h14-15H,6-13H2,1-5H3,(H,22,25)(H,23,26). The van der Waals surface area contributed by atoms with Crippen LogP contribution < -0.4 is 10.6 Å². The van der Waals surface area contributed by atoms with Crippen molar-refractivity contribution in [2.24, 2.45) is 5.11 Å². The topological polar surface area (TPSA) is 161 Å². The Labute approximate surface area is 182 Å². The highest BCUT2D eigenvalue weighted by Gasteiger charge is 2.25. The second-order valence-electron chi connectivity index (χ2n) is 7.59. The number of carbonyl (C=O) groups is 3. The van der Waals surface area contributed by atoms with E-state index in [1.54, 1.807) is 20.8 Å². The maximum Gasteiger partial charge on any atom is 0.328 e. The highest BCUT2D eigenvalue weighted by atomic mass is 16.6. The molecule has 2 unspecified atom stereocenters. The van der Waals surface area contributed by atoms with E-state index in [0.29, 0.717) is 33.0 Å². The molecule has 12 nitrogen and oxygen atoms in total. The first kappa shape index (κ1) is 28.6. The van der Waals surface area contributed by atoms with Gasteiger partial charge in [-0.15, -0.1) is 0 Å². The largest absolute Gasteiger partial charge is 0.458 e. The molecule has 2 N–H and O–H groups in total. The third-order valence-corrected chi connectivity index (χ3v) is 3.51. The van der Waals surface area contributed by atoms with E-state index >= 15 is 0 Å². The number of nitrogens with one attached hydrogen (secondary N) is 2. The third-order valence-electron chi connectivity index (χ3n) is 3.51. The van der Waals surface area contributed by atoms with E-state index in [2.05, 4.69) is 20.7 Å². The summed E-state index contributed by atoms with van der Waals surface area (Å²) in [6, 6.07) is -1.63. The number of azide groups is 1. The zero-order valence-corrected chi connectivity index (χ0v) is 19.0. The molecule has 2 amide bonds. The normalized spacial score (nSPS) is 12.9. The van der Waals surface area contributed by atoms with Crippen molar-refractivity contribution in [2.75, 3.05) is 46.2 Å². The molecule has 0 spiro atoms. The molecule has 0 radical (unpaired) electrons. The molecule has 0 aliphatic rings. The summed E-state index contributed by atoms with van der Waals surface area (Å²) in [7, 11) is 0. The Balaban J connectivity index is 3.81. The summed E-state index contributed by atoms with van der Waals surface area (Å²) in [5.74, 6) is -1.38. The molecule has 0 saturated heterocycles. The Hall–Kier alpha value is -2.40.